The van der Waals surface area contributed by atoms with E-state index in [-0.39, 0.29) is 25.5 Å². The molecule has 6 heteroatoms. The van der Waals surface area contributed by atoms with Crippen LogP contribution in [0.5, 0.6) is 5.75 Å². The number of aliphatic carboxylic acids is 1. The van der Waals surface area contributed by atoms with Crippen molar-refractivity contribution in [1.82, 2.24) is 0 Å². The number of morpholine rings is 1. The maximum Gasteiger partial charge on any atom is 0.306 e. The van der Waals surface area contributed by atoms with Crippen LogP contribution >= 0.6 is 0 Å². The van der Waals surface area contributed by atoms with Crippen molar-refractivity contribution in [2.45, 2.75) is 6.42 Å². The molecule has 0 atom stereocenters. The molecule has 1 heterocycles. The average molecular weight is 265 g/mol. The predicted octanol–water partition coefficient (Wildman–Crippen LogP) is 0.903. The van der Waals surface area contributed by atoms with Gasteiger partial charge in [-0.15, -0.1) is 0 Å². The first-order chi connectivity index (χ1) is 9.16. The van der Waals surface area contributed by atoms with Crippen molar-refractivity contribution in [1.29, 1.82) is 0 Å². The van der Waals surface area contributed by atoms with Crippen LogP contribution in [0.15, 0.2) is 24.3 Å². The molecule has 1 aliphatic heterocycles. The molecule has 19 heavy (non-hydrogen) atoms. The molecule has 102 valence electrons. The molecule has 0 bridgehead atoms. The number of hydrogen-bond donors (Lipinski definition) is 1. The van der Waals surface area contributed by atoms with Gasteiger partial charge in [0.2, 0.25) is 0 Å². The molecule has 0 radical (unpaired) electrons. The number of anilines is 1. The number of ether oxygens (including phenoxy) is 2. The Morgan fingerprint density at radius 1 is 1.37 bits per heavy atom. The zero-order valence-electron chi connectivity index (χ0n) is 10.4. The van der Waals surface area contributed by atoms with Gasteiger partial charge in [-0.1, -0.05) is 0 Å². The van der Waals surface area contributed by atoms with E-state index in [9.17, 15) is 9.59 Å². The van der Waals surface area contributed by atoms with Crippen LogP contribution in [-0.4, -0.2) is 43.3 Å². The van der Waals surface area contributed by atoms with E-state index in [1.165, 1.54) is 0 Å². The molecule has 1 amide bonds. The number of carbonyl (C=O) groups is 2. The fraction of sp³-hybridized carbons (Fsp3) is 0.385. The number of nitrogens with zero attached hydrogens (tertiary/aromatic N) is 1. The lowest BCUT2D eigenvalue weighted by Crippen LogP contribution is -2.41. The Morgan fingerprint density at radius 3 is 2.74 bits per heavy atom. The highest BCUT2D eigenvalue weighted by Crippen LogP contribution is 2.20. The van der Waals surface area contributed by atoms with Crippen molar-refractivity contribution in [3.8, 4) is 5.75 Å². The van der Waals surface area contributed by atoms with Gasteiger partial charge in [-0.25, -0.2) is 0 Å². The highest BCUT2D eigenvalue weighted by molar-refractivity contribution is 5.94. The lowest BCUT2D eigenvalue weighted by molar-refractivity contribution is -0.137. The van der Waals surface area contributed by atoms with Crippen LogP contribution in [0.3, 0.4) is 0 Å². The summed E-state index contributed by atoms with van der Waals surface area (Å²) >= 11 is 0. The molecular formula is C13H15NO5. The van der Waals surface area contributed by atoms with Crippen molar-refractivity contribution in [3.63, 3.8) is 0 Å². The first kappa shape index (κ1) is 13.4. The minimum atomic E-state index is -0.893. The zero-order chi connectivity index (χ0) is 13.7. The Bertz CT molecular complexity index is 457. The molecule has 0 unspecified atom stereocenters. The fourth-order valence-electron chi connectivity index (χ4n) is 1.77. The van der Waals surface area contributed by atoms with Crippen molar-refractivity contribution in [3.05, 3.63) is 24.3 Å². The SMILES string of the molecule is O=C(O)CCOc1ccc(N2CCOCC2=O)cc1. The number of hydrogen-bond acceptors (Lipinski definition) is 4. The molecule has 1 fully saturated rings. The minimum absolute atomic E-state index is 0.0380. The maximum atomic E-state index is 11.6. The Labute approximate surface area is 110 Å². The first-order valence-corrected chi connectivity index (χ1v) is 5.99. The Morgan fingerprint density at radius 2 is 2.11 bits per heavy atom. The largest absolute Gasteiger partial charge is 0.493 e. The summed E-state index contributed by atoms with van der Waals surface area (Å²) in [6.45, 7) is 1.31. The molecule has 2 rings (SSSR count). The van der Waals surface area contributed by atoms with E-state index in [0.717, 1.165) is 5.69 Å². The average Bonchev–Trinajstić information content (AvgIpc) is 2.40. The van der Waals surface area contributed by atoms with Gasteiger partial charge in [0.15, 0.2) is 0 Å². The summed E-state index contributed by atoms with van der Waals surface area (Å²) < 4.78 is 10.3. The Kier molecular flexibility index (Phi) is 4.35. The van der Waals surface area contributed by atoms with Gasteiger partial charge in [-0.2, -0.15) is 0 Å². The summed E-state index contributed by atoms with van der Waals surface area (Å²) in [5.41, 5.74) is 0.791. The summed E-state index contributed by atoms with van der Waals surface area (Å²) in [6, 6.07) is 7.00. The minimum Gasteiger partial charge on any atom is -0.493 e. The van der Waals surface area contributed by atoms with Crippen LogP contribution in [-0.2, 0) is 14.3 Å². The van der Waals surface area contributed by atoms with Crippen LogP contribution in [0.2, 0.25) is 0 Å². The summed E-state index contributed by atoms with van der Waals surface area (Å²) in [5.74, 6) is -0.368. The third kappa shape index (κ3) is 3.69. The van der Waals surface area contributed by atoms with Crippen LogP contribution in [0.25, 0.3) is 0 Å². The maximum absolute atomic E-state index is 11.6. The number of rotatable bonds is 5. The molecule has 0 spiro atoms. The van der Waals surface area contributed by atoms with Crippen LogP contribution in [0.4, 0.5) is 5.69 Å². The lowest BCUT2D eigenvalue weighted by Gasteiger charge is -2.26. The summed E-state index contributed by atoms with van der Waals surface area (Å²) in [7, 11) is 0. The molecule has 0 aromatic heterocycles. The second-order valence-corrected chi connectivity index (χ2v) is 4.08. The van der Waals surface area contributed by atoms with Crippen molar-refractivity contribution < 1.29 is 24.2 Å². The lowest BCUT2D eigenvalue weighted by atomic mass is 10.2. The van der Waals surface area contributed by atoms with Crippen molar-refractivity contribution in [2.24, 2.45) is 0 Å². The predicted molar refractivity (Wildman–Crippen MR) is 67.4 cm³/mol. The van der Waals surface area contributed by atoms with Gasteiger partial charge >= 0.3 is 5.97 Å². The third-order valence-electron chi connectivity index (χ3n) is 2.72. The van der Waals surface area contributed by atoms with Crippen molar-refractivity contribution >= 4 is 17.6 Å². The van der Waals surface area contributed by atoms with E-state index >= 15 is 0 Å². The van der Waals surface area contributed by atoms with Gasteiger partial charge < -0.3 is 19.5 Å². The smallest absolute Gasteiger partial charge is 0.306 e. The topological polar surface area (TPSA) is 76.1 Å². The Hall–Kier alpha value is -2.08. The van der Waals surface area contributed by atoms with Crippen LogP contribution in [0.1, 0.15) is 6.42 Å². The molecule has 0 aliphatic carbocycles. The van der Waals surface area contributed by atoms with Gasteiger partial charge in [0.05, 0.1) is 19.6 Å². The van der Waals surface area contributed by atoms with E-state index in [1.807, 2.05) is 0 Å². The standard InChI is InChI=1S/C13H15NO5/c15-12-9-18-8-6-14(12)10-1-3-11(4-2-10)19-7-5-13(16)17/h1-4H,5-9H2,(H,16,17). The van der Waals surface area contributed by atoms with Gasteiger partial charge in [0.25, 0.3) is 5.91 Å². The highest BCUT2D eigenvalue weighted by atomic mass is 16.5. The number of carboxylic acid groups (broad SMARTS) is 1. The molecule has 1 saturated heterocycles. The second-order valence-electron chi connectivity index (χ2n) is 4.08. The normalized spacial score (nSPS) is 15.4. The van der Waals surface area contributed by atoms with E-state index in [2.05, 4.69) is 0 Å². The summed E-state index contributed by atoms with van der Waals surface area (Å²) in [5, 5.41) is 8.50. The van der Waals surface area contributed by atoms with E-state index < -0.39 is 5.97 Å². The number of carbonyl (C=O) groups excluding carboxylic acids is 1. The molecular weight excluding hydrogens is 250 g/mol. The summed E-state index contributed by atoms with van der Waals surface area (Å²) in [4.78, 5) is 23.6. The van der Waals surface area contributed by atoms with Gasteiger partial charge in [-0.3, -0.25) is 9.59 Å². The molecule has 6 nitrogen and oxygen atoms in total. The van der Waals surface area contributed by atoms with Gasteiger partial charge in [0.1, 0.15) is 12.4 Å². The molecule has 1 aromatic rings. The highest BCUT2D eigenvalue weighted by Gasteiger charge is 2.19. The third-order valence-corrected chi connectivity index (χ3v) is 2.72. The summed E-state index contributed by atoms with van der Waals surface area (Å²) in [6.07, 6.45) is -0.0380. The van der Waals surface area contributed by atoms with Crippen molar-refractivity contribution in [2.75, 3.05) is 31.3 Å². The molecule has 1 aromatic carbocycles. The quantitative estimate of drug-likeness (QED) is 0.856. The van der Waals surface area contributed by atoms with E-state index in [0.29, 0.717) is 18.9 Å². The number of carboxylic acids is 1. The van der Waals surface area contributed by atoms with Gasteiger partial charge in [0, 0.05) is 12.2 Å². The molecule has 1 N–H and O–H groups in total. The van der Waals surface area contributed by atoms with Crippen LogP contribution in [0, 0.1) is 0 Å². The molecule has 1 aliphatic rings. The fourth-order valence-corrected chi connectivity index (χ4v) is 1.77. The Balaban J connectivity index is 1.94. The molecule has 0 saturated carbocycles. The van der Waals surface area contributed by atoms with E-state index in [4.69, 9.17) is 14.6 Å². The monoisotopic (exact) mass is 265 g/mol. The number of benzene rings is 1. The van der Waals surface area contributed by atoms with E-state index in [1.54, 1.807) is 29.2 Å². The number of amides is 1. The zero-order valence-corrected chi connectivity index (χ0v) is 10.4. The van der Waals surface area contributed by atoms with Gasteiger partial charge in [-0.05, 0) is 24.3 Å². The second kappa shape index (κ2) is 6.19. The first-order valence-electron chi connectivity index (χ1n) is 5.99. The van der Waals surface area contributed by atoms with Crippen LogP contribution < -0.4 is 9.64 Å².